The Bertz CT molecular complexity index is 368. The summed E-state index contributed by atoms with van der Waals surface area (Å²) >= 11 is 1.66. The maximum absolute atomic E-state index is 4.19. The van der Waals surface area contributed by atoms with Crippen molar-refractivity contribution in [3.8, 4) is 0 Å². The van der Waals surface area contributed by atoms with Gasteiger partial charge in [0.15, 0.2) is 5.65 Å². The van der Waals surface area contributed by atoms with Crippen molar-refractivity contribution in [2.75, 3.05) is 6.26 Å². The van der Waals surface area contributed by atoms with Gasteiger partial charge in [-0.3, -0.25) is 4.40 Å². The molecule has 2 rings (SSSR count). The van der Waals surface area contributed by atoms with E-state index >= 15 is 0 Å². The van der Waals surface area contributed by atoms with E-state index < -0.39 is 0 Å². The first-order valence-corrected chi connectivity index (χ1v) is 4.45. The zero-order valence-corrected chi connectivity index (χ0v) is 6.88. The lowest BCUT2D eigenvalue weighted by molar-refractivity contribution is 1.04. The lowest BCUT2D eigenvalue weighted by atomic mass is 10.6. The number of hydrogen-bond donors (Lipinski definition) is 0. The summed E-state index contributed by atoms with van der Waals surface area (Å²) in [5.41, 5.74) is 0.979. The fourth-order valence-corrected chi connectivity index (χ4v) is 1.48. The van der Waals surface area contributed by atoms with Crippen LogP contribution < -0.4 is 0 Å². The summed E-state index contributed by atoms with van der Waals surface area (Å²) in [4.78, 5) is 9.36. The minimum Gasteiger partial charge on any atom is -0.290 e. The zero-order valence-electron chi connectivity index (χ0n) is 6.06. The van der Waals surface area contributed by atoms with Crippen LogP contribution in [0.1, 0.15) is 0 Å². The molecular weight excluding hydrogens is 158 g/mol. The van der Waals surface area contributed by atoms with Gasteiger partial charge in [0.05, 0.1) is 4.90 Å². The summed E-state index contributed by atoms with van der Waals surface area (Å²) in [6.45, 7) is 0. The Kier molecular flexibility index (Phi) is 1.54. The second-order valence-electron chi connectivity index (χ2n) is 2.12. The van der Waals surface area contributed by atoms with E-state index in [4.69, 9.17) is 0 Å². The van der Waals surface area contributed by atoms with Gasteiger partial charge in [0.25, 0.3) is 0 Å². The van der Waals surface area contributed by atoms with E-state index in [1.165, 1.54) is 0 Å². The number of hydrogen-bond acceptors (Lipinski definition) is 3. The summed E-state index contributed by atoms with van der Waals surface area (Å²) in [6.07, 6.45) is 9.26. The maximum atomic E-state index is 4.19. The molecule has 0 saturated heterocycles. The molecule has 0 aliphatic carbocycles. The quantitative estimate of drug-likeness (QED) is 0.599. The van der Waals surface area contributed by atoms with E-state index in [9.17, 15) is 0 Å². The summed E-state index contributed by atoms with van der Waals surface area (Å²) in [5.74, 6) is 0. The monoisotopic (exact) mass is 165 g/mol. The SMILES string of the molecule is CSc1cncn2ccnc12. The van der Waals surface area contributed by atoms with Crippen molar-refractivity contribution in [1.82, 2.24) is 14.4 Å². The average molecular weight is 165 g/mol. The lowest BCUT2D eigenvalue weighted by Gasteiger charge is -1.96. The third-order valence-corrected chi connectivity index (χ3v) is 2.22. The molecule has 0 aliphatic heterocycles. The molecule has 2 aromatic rings. The Labute approximate surface area is 68.5 Å². The molecule has 0 aromatic carbocycles. The van der Waals surface area contributed by atoms with Gasteiger partial charge in [-0.2, -0.15) is 0 Å². The summed E-state index contributed by atoms with van der Waals surface area (Å²) in [7, 11) is 0. The van der Waals surface area contributed by atoms with Gasteiger partial charge in [-0.1, -0.05) is 0 Å². The van der Waals surface area contributed by atoms with Crippen LogP contribution in [0.5, 0.6) is 0 Å². The number of imidazole rings is 1. The summed E-state index contributed by atoms with van der Waals surface area (Å²) in [5, 5.41) is 0. The highest BCUT2D eigenvalue weighted by Crippen LogP contribution is 2.17. The average Bonchev–Trinajstić information content (AvgIpc) is 2.50. The fraction of sp³-hybridized carbons (Fsp3) is 0.143. The highest BCUT2D eigenvalue weighted by atomic mass is 32.2. The molecular formula is C7H7N3S. The van der Waals surface area contributed by atoms with E-state index in [2.05, 4.69) is 9.97 Å². The van der Waals surface area contributed by atoms with Crippen LogP contribution in [-0.2, 0) is 0 Å². The van der Waals surface area contributed by atoms with Gasteiger partial charge in [-0.15, -0.1) is 11.8 Å². The Morgan fingerprint density at radius 3 is 3.27 bits per heavy atom. The minimum atomic E-state index is 0.979. The Morgan fingerprint density at radius 2 is 2.45 bits per heavy atom. The molecule has 0 spiro atoms. The fourth-order valence-electron chi connectivity index (χ4n) is 0.972. The molecule has 3 nitrogen and oxygen atoms in total. The summed E-state index contributed by atoms with van der Waals surface area (Å²) < 4.78 is 1.91. The predicted molar refractivity (Wildman–Crippen MR) is 44.8 cm³/mol. The first-order valence-electron chi connectivity index (χ1n) is 3.22. The Hall–Kier alpha value is -1.03. The molecule has 0 amide bonds. The van der Waals surface area contributed by atoms with Gasteiger partial charge in [0.1, 0.15) is 6.33 Å². The van der Waals surface area contributed by atoms with Crippen LogP contribution >= 0.6 is 11.8 Å². The molecule has 0 atom stereocenters. The second-order valence-corrected chi connectivity index (χ2v) is 2.97. The molecule has 4 heteroatoms. The number of aromatic nitrogens is 3. The van der Waals surface area contributed by atoms with Gasteiger partial charge >= 0.3 is 0 Å². The number of fused-ring (bicyclic) bond motifs is 1. The van der Waals surface area contributed by atoms with Crippen LogP contribution in [0.4, 0.5) is 0 Å². The van der Waals surface area contributed by atoms with Crippen molar-refractivity contribution in [3.05, 3.63) is 24.9 Å². The van der Waals surface area contributed by atoms with E-state index in [1.807, 2.05) is 23.1 Å². The third-order valence-electron chi connectivity index (χ3n) is 1.49. The number of nitrogens with zero attached hydrogens (tertiary/aromatic N) is 3. The molecule has 56 valence electrons. The van der Waals surface area contributed by atoms with Crippen molar-refractivity contribution >= 4 is 17.4 Å². The molecule has 2 heterocycles. The topological polar surface area (TPSA) is 30.2 Å². The van der Waals surface area contributed by atoms with Gasteiger partial charge in [-0.05, 0) is 6.26 Å². The van der Waals surface area contributed by atoms with Crippen molar-refractivity contribution in [3.63, 3.8) is 0 Å². The van der Waals surface area contributed by atoms with Gasteiger partial charge in [0, 0.05) is 18.6 Å². The third kappa shape index (κ3) is 0.991. The number of thioether (sulfide) groups is 1. The molecule has 0 fully saturated rings. The lowest BCUT2D eigenvalue weighted by Crippen LogP contribution is -1.86. The maximum Gasteiger partial charge on any atom is 0.153 e. The molecule has 0 N–H and O–H groups in total. The largest absolute Gasteiger partial charge is 0.290 e. The predicted octanol–water partition coefficient (Wildman–Crippen LogP) is 1.45. The number of rotatable bonds is 1. The van der Waals surface area contributed by atoms with Gasteiger partial charge in [0.2, 0.25) is 0 Å². The highest BCUT2D eigenvalue weighted by Gasteiger charge is 1.98. The normalized spacial score (nSPS) is 10.6. The van der Waals surface area contributed by atoms with Crippen molar-refractivity contribution < 1.29 is 0 Å². The first kappa shape index (κ1) is 6.67. The first-order chi connectivity index (χ1) is 5.42. The smallest absolute Gasteiger partial charge is 0.153 e. The molecule has 0 aliphatic rings. The van der Waals surface area contributed by atoms with Crippen LogP contribution in [-0.4, -0.2) is 20.6 Å². The van der Waals surface area contributed by atoms with Gasteiger partial charge in [-0.25, -0.2) is 9.97 Å². The van der Waals surface area contributed by atoms with Crippen molar-refractivity contribution in [2.24, 2.45) is 0 Å². The Morgan fingerprint density at radius 1 is 1.55 bits per heavy atom. The summed E-state index contributed by atoms with van der Waals surface area (Å²) in [6, 6.07) is 0. The van der Waals surface area contributed by atoms with E-state index in [0.717, 1.165) is 10.5 Å². The standard InChI is InChI=1S/C7H7N3S/c1-11-6-4-8-5-10-3-2-9-7(6)10/h2-5H,1H3. The molecule has 0 radical (unpaired) electrons. The molecule has 11 heavy (non-hydrogen) atoms. The van der Waals surface area contributed by atoms with Crippen LogP contribution in [0.25, 0.3) is 5.65 Å². The Balaban J connectivity index is 2.79. The highest BCUT2D eigenvalue weighted by molar-refractivity contribution is 7.98. The van der Waals surface area contributed by atoms with Crippen LogP contribution in [0.2, 0.25) is 0 Å². The van der Waals surface area contributed by atoms with Crippen LogP contribution in [0.15, 0.2) is 29.8 Å². The van der Waals surface area contributed by atoms with Gasteiger partial charge < -0.3 is 0 Å². The minimum absolute atomic E-state index is 0.979. The molecule has 0 saturated carbocycles. The van der Waals surface area contributed by atoms with Crippen molar-refractivity contribution in [2.45, 2.75) is 4.90 Å². The van der Waals surface area contributed by atoms with E-state index in [1.54, 1.807) is 24.3 Å². The van der Waals surface area contributed by atoms with E-state index in [0.29, 0.717) is 0 Å². The second kappa shape index (κ2) is 2.54. The molecule has 2 aromatic heterocycles. The van der Waals surface area contributed by atoms with Crippen LogP contribution in [0.3, 0.4) is 0 Å². The van der Waals surface area contributed by atoms with Crippen molar-refractivity contribution in [1.29, 1.82) is 0 Å². The zero-order chi connectivity index (χ0) is 7.68. The molecule has 0 bridgehead atoms. The van der Waals surface area contributed by atoms with E-state index in [-0.39, 0.29) is 0 Å². The van der Waals surface area contributed by atoms with Crippen LogP contribution in [0, 0.1) is 0 Å². The molecule has 0 unspecified atom stereocenters.